The standard InChI is InChI=1S/C22H21ClFN3O3/c1-14-2-5-16(12-18(14)24)19(28)26-10-8-22(9-11-26)20(29)27(21(30)25-22)13-15-3-6-17(23)7-4-15/h2-7,12H,8-11,13H2,1H3,(H,25,30). The molecule has 4 amide bonds. The van der Waals surface area contributed by atoms with Crippen LogP contribution in [0.2, 0.25) is 5.02 Å². The van der Waals surface area contributed by atoms with E-state index in [-0.39, 0.29) is 23.9 Å². The zero-order valence-electron chi connectivity index (χ0n) is 16.5. The van der Waals surface area contributed by atoms with E-state index in [4.69, 9.17) is 11.6 Å². The number of likely N-dealkylation sites (tertiary alicyclic amines) is 1. The fourth-order valence-corrected chi connectivity index (χ4v) is 4.06. The number of nitrogens with zero attached hydrogens (tertiary/aromatic N) is 2. The van der Waals surface area contributed by atoms with E-state index in [2.05, 4.69) is 5.32 Å². The van der Waals surface area contributed by atoms with Crippen molar-refractivity contribution >= 4 is 29.4 Å². The molecule has 30 heavy (non-hydrogen) atoms. The maximum atomic E-state index is 13.8. The van der Waals surface area contributed by atoms with Crippen molar-refractivity contribution in [3.05, 3.63) is 70.0 Å². The molecule has 2 heterocycles. The van der Waals surface area contributed by atoms with Crippen LogP contribution in [0.3, 0.4) is 0 Å². The number of imide groups is 1. The minimum Gasteiger partial charge on any atom is -0.338 e. The van der Waals surface area contributed by atoms with Crippen molar-refractivity contribution in [2.75, 3.05) is 13.1 Å². The Hall–Kier alpha value is -2.93. The maximum absolute atomic E-state index is 13.8. The topological polar surface area (TPSA) is 69.7 Å². The molecule has 2 aliphatic rings. The van der Waals surface area contributed by atoms with Gasteiger partial charge in [-0.15, -0.1) is 0 Å². The van der Waals surface area contributed by atoms with E-state index in [0.717, 1.165) is 5.56 Å². The van der Waals surface area contributed by atoms with E-state index < -0.39 is 17.4 Å². The van der Waals surface area contributed by atoms with Crippen LogP contribution in [0.1, 0.15) is 34.3 Å². The van der Waals surface area contributed by atoms with E-state index in [1.165, 1.54) is 11.0 Å². The van der Waals surface area contributed by atoms with Gasteiger partial charge in [0.15, 0.2) is 0 Å². The molecule has 6 nitrogen and oxygen atoms in total. The summed E-state index contributed by atoms with van der Waals surface area (Å²) in [4.78, 5) is 41.0. The number of urea groups is 1. The zero-order valence-corrected chi connectivity index (χ0v) is 17.2. The van der Waals surface area contributed by atoms with Gasteiger partial charge in [0.05, 0.1) is 6.54 Å². The predicted molar refractivity (Wildman–Crippen MR) is 110 cm³/mol. The van der Waals surface area contributed by atoms with Crippen LogP contribution in [0, 0.1) is 12.7 Å². The molecular formula is C22H21ClFN3O3. The summed E-state index contributed by atoms with van der Waals surface area (Å²) in [5.41, 5.74) is 0.553. The molecule has 0 bridgehead atoms. The molecule has 4 rings (SSSR count). The molecule has 0 aromatic heterocycles. The van der Waals surface area contributed by atoms with E-state index in [1.54, 1.807) is 48.2 Å². The second-order valence-corrected chi connectivity index (χ2v) is 8.22. The van der Waals surface area contributed by atoms with Crippen molar-refractivity contribution in [3.63, 3.8) is 0 Å². The number of hydrogen-bond acceptors (Lipinski definition) is 3. The van der Waals surface area contributed by atoms with Crippen LogP contribution in [0.5, 0.6) is 0 Å². The Morgan fingerprint density at radius 1 is 1.13 bits per heavy atom. The van der Waals surface area contributed by atoms with Crippen LogP contribution in [-0.4, -0.2) is 46.3 Å². The molecule has 2 fully saturated rings. The Labute approximate surface area is 178 Å². The molecule has 0 unspecified atom stereocenters. The van der Waals surface area contributed by atoms with Crippen molar-refractivity contribution < 1.29 is 18.8 Å². The lowest BCUT2D eigenvalue weighted by molar-refractivity contribution is -0.133. The van der Waals surface area contributed by atoms with Gasteiger partial charge in [-0.3, -0.25) is 14.5 Å². The summed E-state index contributed by atoms with van der Waals surface area (Å²) in [6.45, 7) is 2.40. The number of aryl methyl sites for hydroxylation is 1. The number of amides is 4. The molecule has 2 aromatic carbocycles. The number of benzene rings is 2. The van der Waals surface area contributed by atoms with Crippen molar-refractivity contribution in [1.29, 1.82) is 0 Å². The van der Waals surface area contributed by atoms with Gasteiger partial charge in [-0.05, 0) is 55.2 Å². The smallest absolute Gasteiger partial charge is 0.325 e. The number of nitrogens with one attached hydrogen (secondary N) is 1. The molecule has 1 N–H and O–H groups in total. The van der Waals surface area contributed by atoms with Gasteiger partial charge in [0.2, 0.25) is 0 Å². The normalized spacial score (nSPS) is 18.1. The summed E-state index contributed by atoms with van der Waals surface area (Å²) < 4.78 is 13.8. The predicted octanol–water partition coefficient (Wildman–Crippen LogP) is 3.51. The van der Waals surface area contributed by atoms with Gasteiger partial charge in [-0.1, -0.05) is 29.8 Å². The van der Waals surface area contributed by atoms with E-state index in [0.29, 0.717) is 36.5 Å². The molecule has 2 aromatic rings. The molecule has 0 saturated carbocycles. The number of carbonyl (C=O) groups is 3. The summed E-state index contributed by atoms with van der Waals surface area (Å²) in [7, 11) is 0. The monoisotopic (exact) mass is 429 g/mol. The second-order valence-electron chi connectivity index (χ2n) is 7.79. The van der Waals surface area contributed by atoms with Crippen molar-refractivity contribution in [3.8, 4) is 0 Å². The van der Waals surface area contributed by atoms with Crippen molar-refractivity contribution in [2.45, 2.75) is 31.8 Å². The van der Waals surface area contributed by atoms with Crippen LogP contribution in [0.4, 0.5) is 9.18 Å². The molecule has 0 aliphatic carbocycles. The third-order valence-electron chi connectivity index (χ3n) is 5.82. The van der Waals surface area contributed by atoms with Gasteiger partial charge in [0.25, 0.3) is 11.8 Å². The first kappa shape index (κ1) is 20.3. The molecular weight excluding hydrogens is 409 g/mol. The Morgan fingerprint density at radius 2 is 1.80 bits per heavy atom. The van der Waals surface area contributed by atoms with Gasteiger partial charge < -0.3 is 10.2 Å². The minimum absolute atomic E-state index is 0.162. The van der Waals surface area contributed by atoms with Crippen LogP contribution in [-0.2, 0) is 11.3 Å². The molecule has 8 heteroatoms. The number of halogens is 2. The Balaban J connectivity index is 1.43. The van der Waals surface area contributed by atoms with Crippen LogP contribution in [0.15, 0.2) is 42.5 Å². The second kappa shape index (κ2) is 7.72. The summed E-state index contributed by atoms with van der Waals surface area (Å²) in [6, 6.07) is 10.9. The summed E-state index contributed by atoms with van der Waals surface area (Å²) >= 11 is 5.89. The van der Waals surface area contributed by atoms with E-state index >= 15 is 0 Å². The van der Waals surface area contributed by atoms with Crippen molar-refractivity contribution in [2.24, 2.45) is 0 Å². The molecule has 156 valence electrons. The quantitative estimate of drug-likeness (QED) is 0.759. The lowest BCUT2D eigenvalue weighted by Gasteiger charge is -2.37. The summed E-state index contributed by atoms with van der Waals surface area (Å²) in [6.07, 6.45) is 0.629. The minimum atomic E-state index is -1.00. The number of rotatable bonds is 3. The van der Waals surface area contributed by atoms with Crippen LogP contribution >= 0.6 is 11.6 Å². The third-order valence-corrected chi connectivity index (χ3v) is 6.07. The Bertz CT molecular complexity index is 1020. The van der Waals surface area contributed by atoms with E-state index in [1.807, 2.05) is 0 Å². The molecule has 2 aliphatic heterocycles. The van der Waals surface area contributed by atoms with Gasteiger partial charge in [0.1, 0.15) is 11.4 Å². The largest absolute Gasteiger partial charge is 0.338 e. The number of carbonyl (C=O) groups excluding carboxylic acids is 3. The molecule has 2 saturated heterocycles. The lowest BCUT2D eigenvalue weighted by atomic mass is 9.87. The van der Waals surface area contributed by atoms with Gasteiger partial charge in [-0.25, -0.2) is 9.18 Å². The zero-order chi connectivity index (χ0) is 21.5. The average Bonchev–Trinajstić information content (AvgIpc) is 2.95. The van der Waals surface area contributed by atoms with Gasteiger partial charge in [-0.2, -0.15) is 0 Å². The highest BCUT2D eigenvalue weighted by molar-refractivity contribution is 6.30. The fourth-order valence-electron chi connectivity index (χ4n) is 3.93. The number of piperidine rings is 1. The first-order valence-electron chi connectivity index (χ1n) is 9.73. The summed E-state index contributed by atoms with van der Waals surface area (Å²) in [5, 5.41) is 3.41. The maximum Gasteiger partial charge on any atom is 0.325 e. The molecule has 1 spiro atoms. The highest BCUT2D eigenvalue weighted by Gasteiger charge is 2.52. The van der Waals surface area contributed by atoms with Gasteiger partial charge >= 0.3 is 6.03 Å². The van der Waals surface area contributed by atoms with Crippen LogP contribution in [0.25, 0.3) is 0 Å². The fraction of sp³-hybridized carbons (Fsp3) is 0.318. The lowest BCUT2D eigenvalue weighted by Crippen LogP contribution is -2.55. The highest BCUT2D eigenvalue weighted by atomic mass is 35.5. The first-order valence-corrected chi connectivity index (χ1v) is 10.1. The first-order chi connectivity index (χ1) is 14.3. The average molecular weight is 430 g/mol. The molecule has 0 atom stereocenters. The van der Waals surface area contributed by atoms with E-state index in [9.17, 15) is 18.8 Å². The summed E-state index contributed by atoms with van der Waals surface area (Å²) in [5.74, 6) is -0.986. The Morgan fingerprint density at radius 3 is 2.43 bits per heavy atom. The molecule has 0 radical (unpaired) electrons. The van der Waals surface area contributed by atoms with Crippen molar-refractivity contribution in [1.82, 2.24) is 15.1 Å². The highest BCUT2D eigenvalue weighted by Crippen LogP contribution is 2.31. The Kier molecular flexibility index (Phi) is 5.24. The van der Waals surface area contributed by atoms with Gasteiger partial charge in [0, 0.05) is 23.7 Å². The third kappa shape index (κ3) is 3.65. The van der Waals surface area contributed by atoms with Crippen LogP contribution < -0.4 is 5.32 Å². The SMILES string of the molecule is Cc1ccc(C(=O)N2CCC3(CC2)NC(=O)N(Cc2ccc(Cl)cc2)C3=O)cc1F. The number of hydrogen-bond donors (Lipinski definition) is 1.